The topological polar surface area (TPSA) is 29.3 Å². The van der Waals surface area contributed by atoms with Crippen LogP contribution in [0.4, 0.5) is 10.1 Å². The molecule has 5 heteroatoms. The first kappa shape index (κ1) is 13.7. The second-order valence-corrected chi connectivity index (χ2v) is 5.57. The van der Waals surface area contributed by atoms with Gasteiger partial charge in [0.1, 0.15) is 5.82 Å². The van der Waals surface area contributed by atoms with E-state index in [1.165, 1.54) is 6.07 Å². The van der Waals surface area contributed by atoms with Crippen LogP contribution in [0.1, 0.15) is 17.2 Å². The third-order valence-electron chi connectivity index (χ3n) is 3.67. The molecular weight excluding hydrogens is 298 g/mol. The molecule has 0 fully saturated rings. The maximum absolute atomic E-state index is 14.0. The van der Waals surface area contributed by atoms with Crippen molar-refractivity contribution in [3.63, 3.8) is 0 Å². The van der Waals surface area contributed by atoms with Crippen LogP contribution < -0.4 is 10.6 Å². The Morgan fingerprint density at radius 2 is 1.85 bits per heavy atom. The number of benzene rings is 2. The number of hydrogen-bond donors (Lipinski definition) is 1. The summed E-state index contributed by atoms with van der Waals surface area (Å²) in [5, 5.41) is 1.26. The summed E-state index contributed by atoms with van der Waals surface area (Å²) in [6.07, 6.45) is 0. The maximum Gasteiger partial charge on any atom is 0.146 e. The number of anilines is 1. The minimum absolute atomic E-state index is 0.159. The van der Waals surface area contributed by atoms with E-state index in [4.69, 9.17) is 28.9 Å². The predicted molar refractivity (Wildman–Crippen MR) is 80.8 cm³/mol. The summed E-state index contributed by atoms with van der Waals surface area (Å²) in [5.41, 5.74) is 8.24. The average molecular weight is 311 g/mol. The normalized spacial score (nSPS) is 17.4. The van der Waals surface area contributed by atoms with E-state index in [1.807, 2.05) is 4.90 Å². The van der Waals surface area contributed by atoms with Gasteiger partial charge in [-0.3, -0.25) is 0 Å². The number of para-hydroxylation sites is 1. The fourth-order valence-electron chi connectivity index (χ4n) is 2.75. The molecule has 1 heterocycles. The smallest absolute Gasteiger partial charge is 0.146 e. The first-order valence-electron chi connectivity index (χ1n) is 6.31. The highest BCUT2D eigenvalue weighted by Gasteiger charge is 2.33. The first-order valence-corrected chi connectivity index (χ1v) is 7.07. The van der Waals surface area contributed by atoms with E-state index in [9.17, 15) is 4.39 Å². The molecular formula is C15H13Cl2FN2. The van der Waals surface area contributed by atoms with E-state index in [-0.39, 0.29) is 11.9 Å². The van der Waals surface area contributed by atoms with Crippen molar-refractivity contribution in [2.45, 2.75) is 12.6 Å². The number of rotatable bonds is 2. The monoisotopic (exact) mass is 310 g/mol. The summed E-state index contributed by atoms with van der Waals surface area (Å²) in [6.45, 7) is 0.860. The molecule has 3 rings (SSSR count). The summed E-state index contributed by atoms with van der Waals surface area (Å²) in [5.74, 6) is -0.272. The van der Waals surface area contributed by atoms with Crippen molar-refractivity contribution in [3.8, 4) is 0 Å². The molecule has 1 unspecified atom stereocenters. The molecule has 20 heavy (non-hydrogen) atoms. The highest BCUT2D eigenvalue weighted by Crippen LogP contribution is 2.43. The van der Waals surface area contributed by atoms with E-state index in [1.54, 1.807) is 30.3 Å². The summed E-state index contributed by atoms with van der Waals surface area (Å²) in [6, 6.07) is 10.0. The number of nitrogens with zero attached hydrogens (tertiary/aromatic N) is 1. The van der Waals surface area contributed by atoms with E-state index >= 15 is 0 Å². The van der Waals surface area contributed by atoms with Crippen molar-refractivity contribution in [2.75, 3.05) is 11.4 Å². The summed E-state index contributed by atoms with van der Waals surface area (Å²) in [7, 11) is 0. The number of nitrogens with two attached hydrogens (primary N) is 1. The Morgan fingerprint density at radius 3 is 2.55 bits per heavy atom. The summed E-state index contributed by atoms with van der Waals surface area (Å²) >= 11 is 12.5. The van der Waals surface area contributed by atoms with Crippen LogP contribution in [-0.2, 0) is 6.54 Å². The van der Waals surface area contributed by atoms with Gasteiger partial charge in [0, 0.05) is 28.7 Å². The van der Waals surface area contributed by atoms with Gasteiger partial charge in [0.15, 0.2) is 0 Å². The van der Waals surface area contributed by atoms with Gasteiger partial charge in [-0.15, -0.1) is 0 Å². The van der Waals surface area contributed by atoms with Crippen LogP contribution in [0.5, 0.6) is 0 Å². The van der Waals surface area contributed by atoms with Gasteiger partial charge in [-0.05, 0) is 29.8 Å². The van der Waals surface area contributed by atoms with Crippen molar-refractivity contribution in [2.24, 2.45) is 5.73 Å². The Balaban J connectivity index is 2.12. The summed E-state index contributed by atoms with van der Waals surface area (Å²) in [4.78, 5) is 1.91. The molecule has 1 aliphatic rings. The van der Waals surface area contributed by atoms with E-state index < -0.39 is 0 Å². The zero-order valence-electron chi connectivity index (χ0n) is 10.6. The van der Waals surface area contributed by atoms with Gasteiger partial charge in [0.05, 0.1) is 11.7 Å². The third-order valence-corrected chi connectivity index (χ3v) is 4.35. The number of fused-ring (bicyclic) bond motifs is 1. The van der Waals surface area contributed by atoms with Crippen LogP contribution in [0, 0.1) is 5.82 Å². The van der Waals surface area contributed by atoms with Crippen LogP contribution in [0.25, 0.3) is 0 Å². The zero-order chi connectivity index (χ0) is 14.3. The van der Waals surface area contributed by atoms with Crippen LogP contribution in [0.2, 0.25) is 10.0 Å². The Kier molecular flexibility index (Phi) is 3.59. The summed E-state index contributed by atoms with van der Waals surface area (Å²) < 4.78 is 14.0. The van der Waals surface area contributed by atoms with Crippen molar-refractivity contribution >= 4 is 28.9 Å². The van der Waals surface area contributed by atoms with Gasteiger partial charge < -0.3 is 10.6 Å². The lowest BCUT2D eigenvalue weighted by molar-refractivity contribution is 0.600. The van der Waals surface area contributed by atoms with Crippen molar-refractivity contribution in [3.05, 3.63) is 63.4 Å². The molecule has 1 atom stereocenters. The Hall–Kier alpha value is -1.29. The highest BCUT2D eigenvalue weighted by molar-refractivity contribution is 6.34. The molecule has 2 aromatic carbocycles. The van der Waals surface area contributed by atoms with Crippen LogP contribution in [-0.4, -0.2) is 6.54 Å². The van der Waals surface area contributed by atoms with Crippen LogP contribution in [0.15, 0.2) is 36.4 Å². The lowest BCUT2D eigenvalue weighted by Crippen LogP contribution is -2.28. The number of halogens is 3. The van der Waals surface area contributed by atoms with E-state index in [0.717, 1.165) is 11.1 Å². The van der Waals surface area contributed by atoms with Crippen molar-refractivity contribution < 1.29 is 4.39 Å². The van der Waals surface area contributed by atoms with Crippen LogP contribution in [0.3, 0.4) is 0 Å². The van der Waals surface area contributed by atoms with Gasteiger partial charge in [0.25, 0.3) is 0 Å². The molecule has 2 nitrogen and oxygen atoms in total. The SMILES string of the molecule is NCC1c2c(Cl)ccc(Cl)c2CN1c1ccccc1F. The molecule has 0 aliphatic carbocycles. The molecule has 0 radical (unpaired) electrons. The Labute approximate surface area is 126 Å². The fraction of sp³-hybridized carbons (Fsp3) is 0.200. The third kappa shape index (κ3) is 2.06. The maximum atomic E-state index is 14.0. The fourth-order valence-corrected chi connectivity index (χ4v) is 3.28. The molecule has 104 valence electrons. The molecule has 2 N–H and O–H groups in total. The minimum Gasteiger partial charge on any atom is -0.356 e. The highest BCUT2D eigenvalue weighted by atomic mass is 35.5. The quantitative estimate of drug-likeness (QED) is 0.902. The van der Waals surface area contributed by atoms with E-state index in [0.29, 0.717) is 28.8 Å². The molecule has 0 saturated heterocycles. The molecule has 0 saturated carbocycles. The van der Waals surface area contributed by atoms with Gasteiger partial charge in [-0.25, -0.2) is 4.39 Å². The van der Waals surface area contributed by atoms with Gasteiger partial charge in [-0.2, -0.15) is 0 Å². The molecule has 1 aliphatic heterocycles. The molecule has 0 aromatic heterocycles. The van der Waals surface area contributed by atoms with Crippen molar-refractivity contribution in [1.29, 1.82) is 0 Å². The predicted octanol–water partition coefficient (Wildman–Crippen LogP) is 4.15. The second-order valence-electron chi connectivity index (χ2n) is 4.75. The standard InChI is InChI=1S/C15H13Cl2FN2/c16-10-5-6-11(17)15-9(10)8-20(14(15)7-19)13-4-2-1-3-12(13)18/h1-6,14H,7-8,19H2. The largest absolute Gasteiger partial charge is 0.356 e. The van der Waals surface area contributed by atoms with Gasteiger partial charge in [0.2, 0.25) is 0 Å². The first-order chi connectivity index (χ1) is 9.63. The molecule has 2 aromatic rings. The second kappa shape index (κ2) is 5.24. The lowest BCUT2D eigenvalue weighted by Gasteiger charge is -2.26. The van der Waals surface area contributed by atoms with Crippen LogP contribution >= 0.6 is 23.2 Å². The molecule has 0 bridgehead atoms. The molecule has 0 amide bonds. The van der Waals surface area contributed by atoms with Gasteiger partial charge in [-0.1, -0.05) is 35.3 Å². The minimum atomic E-state index is -0.272. The van der Waals surface area contributed by atoms with Gasteiger partial charge >= 0.3 is 0 Å². The Bertz CT molecular complexity index is 660. The zero-order valence-corrected chi connectivity index (χ0v) is 12.1. The Morgan fingerprint density at radius 1 is 1.15 bits per heavy atom. The van der Waals surface area contributed by atoms with E-state index in [2.05, 4.69) is 0 Å². The lowest BCUT2D eigenvalue weighted by atomic mass is 10.0. The van der Waals surface area contributed by atoms with Crippen molar-refractivity contribution in [1.82, 2.24) is 0 Å². The average Bonchev–Trinajstić information content (AvgIpc) is 2.84. The molecule has 0 spiro atoms. The number of hydrogen-bond acceptors (Lipinski definition) is 2.